The van der Waals surface area contributed by atoms with Gasteiger partial charge in [0.05, 0.1) is 24.2 Å². The number of methoxy groups -OCH3 is 1. The van der Waals surface area contributed by atoms with Crippen LogP contribution in [-0.4, -0.2) is 37.0 Å². The number of carbonyl (C=O) groups excluding carboxylic acids is 2. The summed E-state index contributed by atoms with van der Waals surface area (Å²) < 4.78 is 5.11. The Kier molecular flexibility index (Phi) is 7.82. The van der Waals surface area contributed by atoms with E-state index in [0.29, 0.717) is 35.8 Å². The van der Waals surface area contributed by atoms with Gasteiger partial charge in [0.1, 0.15) is 5.75 Å². The largest absolute Gasteiger partial charge is 0.497 e. The molecule has 0 radical (unpaired) electrons. The van der Waals surface area contributed by atoms with Gasteiger partial charge in [0.15, 0.2) is 0 Å². The highest BCUT2D eigenvalue weighted by Crippen LogP contribution is 2.18. The standard InChI is InChI=1S/C22H22ClN3O3S/c1-29-19-7-3-5-16(12-19)22(28)25-9-8-24-20(27)13-18-14-30-21(26-18)11-15-4-2-6-17(23)10-15/h2-7,10,12,14H,8-9,11,13H2,1H3,(H,24,27)(H,25,28). The summed E-state index contributed by atoms with van der Waals surface area (Å²) in [5, 5.41) is 9.09. The van der Waals surface area contributed by atoms with Crippen LogP contribution in [0.15, 0.2) is 53.9 Å². The molecule has 6 nitrogen and oxygen atoms in total. The van der Waals surface area contributed by atoms with Gasteiger partial charge in [0.25, 0.3) is 5.91 Å². The monoisotopic (exact) mass is 443 g/mol. The lowest BCUT2D eigenvalue weighted by Gasteiger charge is -2.07. The van der Waals surface area contributed by atoms with Gasteiger partial charge in [-0.2, -0.15) is 0 Å². The number of carbonyl (C=O) groups is 2. The Balaban J connectivity index is 1.39. The van der Waals surface area contributed by atoms with Gasteiger partial charge < -0.3 is 15.4 Å². The zero-order valence-electron chi connectivity index (χ0n) is 16.5. The third-order valence-corrected chi connectivity index (χ3v) is 5.38. The number of nitrogens with one attached hydrogen (secondary N) is 2. The molecule has 0 unspecified atom stereocenters. The Labute approximate surface area is 184 Å². The molecule has 2 amide bonds. The number of aromatic nitrogens is 1. The summed E-state index contributed by atoms with van der Waals surface area (Å²) in [6, 6.07) is 14.6. The molecule has 156 valence electrons. The Bertz CT molecular complexity index is 1020. The van der Waals surface area contributed by atoms with Gasteiger partial charge in [-0.3, -0.25) is 9.59 Å². The van der Waals surface area contributed by atoms with Crippen molar-refractivity contribution in [3.05, 3.63) is 80.8 Å². The number of hydrogen-bond donors (Lipinski definition) is 2. The first-order chi connectivity index (χ1) is 14.5. The van der Waals surface area contributed by atoms with Gasteiger partial charge in [0.2, 0.25) is 5.91 Å². The lowest BCUT2D eigenvalue weighted by molar-refractivity contribution is -0.120. The molecular weight excluding hydrogens is 422 g/mol. The number of halogens is 1. The third kappa shape index (κ3) is 6.57. The number of thiazole rings is 1. The lowest BCUT2D eigenvalue weighted by atomic mass is 10.2. The predicted molar refractivity (Wildman–Crippen MR) is 118 cm³/mol. The summed E-state index contributed by atoms with van der Waals surface area (Å²) in [5.41, 5.74) is 2.32. The molecule has 0 saturated heterocycles. The first-order valence-corrected chi connectivity index (χ1v) is 10.7. The molecular formula is C22H22ClN3O3S. The van der Waals surface area contributed by atoms with E-state index < -0.39 is 0 Å². The molecule has 30 heavy (non-hydrogen) atoms. The van der Waals surface area contributed by atoms with Crippen molar-refractivity contribution in [1.82, 2.24) is 15.6 Å². The van der Waals surface area contributed by atoms with E-state index in [4.69, 9.17) is 16.3 Å². The molecule has 0 saturated carbocycles. The molecule has 1 heterocycles. The first-order valence-electron chi connectivity index (χ1n) is 9.40. The van der Waals surface area contributed by atoms with Crippen molar-refractivity contribution in [2.24, 2.45) is 0 Å². The average Bonchev–Trinajstić information content (AvgIpc) is 3.17. The summed E-state index contributed by atoms with van der Waals surface area (Å²) in [4.78, 5) is 28.8. The molecule has 1 aromatic heterocycles. The van der Waals surface area contributed by atoms with E-state index in [-0.39, 0.29) is 18.2 Å². The van der Waals surface area contributed by atoms with Gasteiger partial charge in [0, 0.05) is 35.5 Å². The Morgan fingerprint density at radius 1 is 1.10 bits per heavy atom. The lowest BCUT2D eigenvalue weighted by Crippen LogP contribution is -2.35. The number of nitrogens with zero attached hydrogens (tertiary/aromatic N) is 1. The summed E-state index contributed by atoms with van der Waals surface area (Å²) in [5.74, 6) is 0.271. The van der Waals surface area contributed by atoms with Crippen molar-refractivity contribution < 1.29 is 14.3 Å². The SMILES string of the molecule is COc1cccc(C(=O)NCCNC(=O)Cc2csc(Cc3cccc(Cl)c3)n2)c1. The summed E-state index contributed by atoms with van der Waals surface area (Å²) in [6.45, 7) is 0.674. The zero-order chi connectivity index (χ0) is 21.3. The van der Waals surface area contributed by atoms with Crippen molar-refractivity contribution in [2.45, 2.75) is 12.8 Å². The average molecular weight is 444 g/mol. The highest BCUT2D eigenvalue weighted by Gasteiger charge is 2.09. The molecule has 0 fully saturated rings. The Morgan fingerprint density at radius 2 is 1.90 bits per heavy atom. The van der Waals surface area contributed by atoms with Crippen molar-refractivity contribution in [3.63, 3.8) is 0 Å². The second-order valence-corrected chi connectivity index (χ2v) is 7.93. The number of amides is 2. The molecule has 3 aromatic rings. The van der Waals surface area contributed by atoms with Crippen molar-refractivity contribution in [2.75, 3.05) is 20.2 Å². The minimum absolute atomic E-state index is 0.134. The van der Waals surface area contributed by atoms with Crippen molar-refractivity contribution >= 4 is 34.8 Å². The molecule has 0 atom stereocenters. The maximum atomic E-state index is 12.1. The van der Waals surface area contributed by atoms with Gasteiger partial charge >= 0.3 is 0 Å². The van der Waals surface area contributed by atoms with Gasteiger partial charge in [-0.1, -0.05) is 29.8 Å². The fraction of sp³-hybridized carbons (Fsp3) is 0.227. The second kappa shape index (κ2) is 10.8. The van der Waals surface area contributed by atoms with Gasteiger partial charge in [-0.25, -0.2) is 4.98 Å². The van der Waals surface area contributed by atoms with Gasteiger partial charge in [-0.15, -0.1) is 11.3 Å². The van der Waals surface area contributed by atoms with Crippen LogP contribution in [0.25, 0.3) is 0 Å². The van der Waals surface area contributed by atoms with Crippen LogP contribution in [0.3, 0.4) is 0 Å². The fourth-order valence-corrected chi connectivity index (χ4v) is 3.85. The van der Waals surface area contributed by atoms with Crippen LogP contribution in [0.5, 0.6) is 5.75 Å². The van der Waals surface area contributed by atoms with Crippen LogP contribution >= 0.6 is 22.9 Å². The maximum absolute atomic E-state index is 12.1. The van der Waals surface area contributed by atoms with E-state index in [9.17, 15) is 9.59 Å². The minimum atomic E-state index is -0.215. The molecule has 0 aliphatic rings. The number of ether oxygens (including phenoxy) is 1. The number of benzene rings is 2. The highest BCUT2D eigenvalue weighted by atomic mass is 35.5. The van der Waals surface area contributed by atoms with Crippen LogP contribution in [0, 0.1) is 0 Å². The van der Waals surface area contributed by atoms with Crippen LogP contribution in [0.1, 0.15) is 26.6 Å². The minimum Gasteiger partial charge on any atom is -0.497 e. The van der Waals surface area contributed by atoms with Crippen LogP contribution < -0.4 is 15.4 Å². The Hall–Kier alpha value is -2.90. The summed E-state index contributed by atoms with van der Waals surface area (Å²) in [7, 11) is 1.55. The van der Waals surface area contributed by atoms with E-state index in [1.807, 2.05) is 29.6 Å². The molecule has 0 aliphatic heterocycles. The quantitative estimate of drug-likeness (QED) is 0.496. The summed E-state index contributed by atoms with van der Waals surface area (Å²) in [6.07, 6.45) is 0.888. The predicted octanol–water partition coefficient (Wildman–Crippen LogP) is 3.48. The van der Waals surface area contributed by atoms with Crippen LogP contribution in [0.4, 0.5) is 0 Å². The van der Waals surface area contributed by atoms with E-state index in [1.165, 1.54) is 11.3 Å². The fourth-order valence-electron chi connectivity index (χ4n) is 2.80. The van der Waals surface area contributed by atoms with E-state index in [0.717, 1.165) is 16.3 Å². The van der Waals surface area contributed by atoms with Crippen LogP contribution in [-0.2, 0) is 17.6 Å². The van der Waals surface area contributed by atoms with Crippen LogP contribution in [0.2, 0.25) is 5.02 Å². The number of rotatable bonds is 9. The first kappa shape index (κ1) is 21.8. The molecule has 0 bridgehead atoms. The Morgan fingerprint density at radius 3 is 2.70 bits per heavy atom. The molecule has 2 N–H and O–H groups in total. The summed E-state index contributed by atoms with van der Waals surface area (Å²) >= 11 is 7.54. The number of hydrogen-bond acceptors (Lipinski definition) is 5. The van der Waals surface area contributed by atoms with E-state index in [1.54, 1.807) is 31.4 Å². The van der Waals surface area contributed by atoms with Crippen molar-refractivity contribution in [3.8, 4) is 5.75 Å². The third-order valence-electron chi connectivity index (χ3n) is 4.25. The normalized spacial score (nSPS) is 10.5. The zero-order valence-corrected chi connectivity index (χ0v) is 18.1. The van der Waals surface area contributed by atoms with E-state index in [2.05, 4.69) is 15.6 Å². The molecule has 0 aliphatic carbocycles. The van der Waals surface area contributed by atoms with Gasteiger partial charge in [-0.05, 0) is 35.9 Å². The maximum Gasteiger partial charge on any atom is 0.251 e. The molecule has 0 spiro atoms. The second-order valence-electron chi connectivity index (χ2n) is 6.55. The molecule has 3 rings (SSSR count). The smallest absolute Gasteiger partial charge is 0.251 e. The highest BCUT2D eigenvalue weighted by molar-refractivity contribution is 7.09. The van der Waals surface area contributed by atoms with E-state index >= 15 is 0 Å². The van der Waals surface area contributed by atoms with Crippen molar-refractivity contribution in [1.29, 1.82) is 0 Å². The molecule has 2 aromatic carbocycles. The molecule has 8 heteroatoms. The topological polar surface area (TPSA) is 80.3 Å².